The highest BCUT2D eigenvalue weighted by molar-refractivity contribution is 6.31. The van der Waals surface area contributed by atoms with E-state index in [2.05, 4.69) is 15.6 Å². The second-order valence-electron chi connectivity index (χ2n) is 5.81. The van der Waals surface area contributed by atoms with Crippen molar-refractivity contribution in [3.63, 3.8) is 0 Å². The number of hydrogen-bond donors (Lipinski definition) is 2. The number of amides is 2. The fraction of sp³-hybridized carbons (Fsp3) is 0.211. The maximum Gasteiger partial charge on any atom is 0.287 e. The number of aromatic nitrogens is 2. The van der Waals surface area contributed by atoms with E-state index in [1.165, 1.54) is 0 Å². The Balaban J connectivity index is 1.85. The molecule has 0 saturated heterocycles. The Morgan fingerprint density at radius 2 is 2.04 bits per heavy atom. The first-order chi connectivity index (χ1) is 13.1. The number of pyridine rings is 1. The van der Waals surface area contributed by atoms with Gasteiger partial charge in [0.2, 0.25) is 5.82 Å². The minimum absolute atomic E-state index is 0.152. The summed E-state index contributed by atoms with van der Waals surface area (Å²) in [6.45, 7) is 1.01. The van der Waals surface area contributed by atoms with Gasteiger partial charge in [0.1, 0.15) is 0 Å². The first-order valence-corrected chi connectivity index (χ1v) is 8.79. The fourth-order valence-electron chi connectivity index (χ4n) is 2.62. The number of imidazole rings is 1. The van der Waals surface area contributed by atoms with Gasteiger partial charge in [0.15, 0.2) is 5.69 Å². The number of nitrogens with one attached hydrogen (secondary N) is 2. The van der Waals surface area contributed by atoms with E-state index in [9.17, 15) is 9.59 Å². The Kier molecular flexibility index (Phi) is 6.05. The number of benzene rings is 1. The minimum Gasteiger partial charge on any atom is -0.385 e. The molecule has 0 unspecified atom stereocenters. The highest BCUT2D eigenvalue weighted by Crippen LogP contribution is 2.18. The van der Waals surface area contributed by atoms with Crippen LogP contribution in [0.5, 0.6) is 0 Å². The number of rotatable bonds is 7. The summed E-state index contributed by atoms with van der Waals surface area (Å²) in [5, 5.41) is 6.05. The molecule has 7 nitrogen and oxygen atoms in total. The topological polar surface area (TPSA) is 84.7 Å². The Bertz CT molecular complexity index is 970. The lowest BCUT2D eigenvalue weighted by molar-refractivity contribution is 0.0937. The van der Waals surface area contributed by atoms with Gasteiger partial charge in [0.25, 0.3) is 11.8 Å². The number of anilines is 1. The monoisotopic (exact) mass is 386 g/mol. The maximum atomic E-state index is 12.7. The molecule has 2 aromatic heterocycles. The van der Waals surface area contributed by atoms with Crippen LogP contribution in [0.2, 0.25) is 5.02 Å². The Labute approximate surface area is 161 Å². The zero-order chi connectivity index (χ0) is 19.2. The quantitative estimate of drug-likeness (QED) is 0.611. The molecule has 2 N–H and O–H groups in total. The van der Waals surface area contributed by atoms with Crippen LogP contribution in [0.4, 0.5) is 5.69 Å². The number of carbonyl (C=O) groups is 2. The lowest BCUT2D eigenvalue weighted by Gasteiger charge is -2.04. The summed E-state index contributed by atoms with van der Waals surface area (Å²) in [6.07, 6.45) is 2.39. The molecule has 2 amide bonds. The zero-order valence-corrected chi connectivity index (χ0v) is 15.5. The number of carbonyl (C=O) groups excluding carboxylic acids is 2. The SMILES string of the molecule is COCCCNC(=O)c1nc(C(=O)Nc2cccc(Cl)c2)c2ccccn12. The number of ether oxygens (including phenoxy) is 1. The number of hydrogen-bond acceptors (Lipinski definition) is 4. The van der Waals surface area contributed by atoms with E-state index in [-0.39, 0.29) is 17.4 Å². The van der Waals surface area contributed by atoms with Crippen LogP contribution < -0.4 is 10.6 Å². The van der Waals surface area contributed by atoms with Gasteiger partial charge in [-0.05, 0) is 36.8 Å². The maximum absolute atomic E-state index is 12.7. The van der Waals surface area contributed by atoms with Gasteiger partial charge in [-0.3, -0.25) is 14.0 Å². The molecule has 140 valence electrons. The van der Waals surface area contributed by atoms with Gasteiger partial charge in [-0.15, -0.1) is 0 Å². The van der Waals surface area contributed by atoms with Crippen molar-refractivity contribution < 1.29 is 14.3 Å². The summed E-state index contributed by atoms with van der Waals surface area (Å²) in [5.74, 6) is -0.618. The average molecular weight is 387 g/mol. The largest absolute Gasteiger partial charge is 0.385 e. The summed E-state index contributed by atoms with van der Waals surface area (Å²) < 4.78 is 6.56. The van der Waals surface area contributed by atoms with Crippen LogP contribution in [0.3, 0.4) is 0 Å². The number of fused-ring (bicyclic) bond motifs is 1. The molecular weight excluding hydrogens is 368 g/mol. The third-order valence-corrected chi connectivity index (χ3v) is 4.09. The molecule has 0 aliphatic heterocycles. The van der Waals surface area contributed by atoms with Crippen LogP contribution in [-0.4, -0.2) is 41.5 Å². The summed E-state index contributed by atoms with van der Waals surface area (Å²) in [4.78, 5) is 29.5. The van der Waals surface area contributed by atoms with Crippen molar-refractivity contribution in [1.29, 1.82) is 0 Å². The fourth-order valence-corrected chi connectivity index (χ4v) is 2.81. The van der Waals surface area contributed by atoms with Crippen LogP contribution in [0.15, 0.2) is 48.7 Å². The van der Waals surface area contributed by atoms with E-state index < -0.39 is 5.91 Å². The molecule has 0 bridgehead atoms. The second kappa shape index (κ2) is 8.66. The first kappa shape index (κ1) is 18.9. The van der Waals surface area contributed by atoms with Crippen molar-refractivity contribution in [3.05, 3.63) is 65.2 Å². The highest BCUT2D eigenvalue weighted by Gasteiger charge is 2.21. The van der Waals surface area contributed by atoms with Crippen molar-refractivity contribution in [2.45, 2.75) is 6.42 Å². The molecule has 0 spiro atoms. The van der Waals surface area contributed by atoms with Gasteiger partial charge >= 0.3 is 0 Å². The van der Waals surface area contributed by atoms with Crippen LogP contribution in [0, 0.1) is 0 Å². The number of nitrogens with zero attached hydrogens (tertiary/aromatic N) is 2. The standard InChI is InChI=1S/C19H19ClN4O3/c1-27-11-5-9-21-19(26)17-23-16(15-8-2-3-10-24(15)17)18(25)22-14-7-4-6-13(20)12-14/h2-4,6-8,10,12H,5,9,11H2,1H3,(H,21,26)(H,22,25). The van der Waals surface area contributed by atoms with Gasteiger partial charge in [-0.2, -0.15) is 0 Å². The van der Waals surface area contributed by atoms with E-state index in [4.69, 9.17) is 16.3 Å². The second-order valence-corrected chi connectivity index (χ2v) is 6.24. The van der Waals surface area contributed by atoms with Crippen molar-refractivity contribution in [1.82, 2.24) is 14.7 Å². The Morgan fingerprint density at radius 1 is 1.19 bits per heavy atom. The van der Waals surface area contributed by atoms with Crippen molar-refractivity contribution in [2.24, 2.45) is 0 Å². The van der Waals surface area contributed by atoms with E-state index in [1.807, 2.05) is 0 Å². The normalized spacial score (nSPS) is 10.7. The van der Waals surface area contributed by atoms with Gasteiger partial charge in [0, 0.05) is 37.2 Å². The summed E-state index contributed by atoms with van der Waals surface area (Å²) in [7, 11) is 1.61. The molecule has 2 heterocycles. The third kappa shape index (κ3) is 4.45. The Morgan fingerprint density at radius 3 is 2.81 bits per heavy atom. The molecule has 0 saturated carbocycles. The minimum atomic E-state index is -0.417. The lowest BCUT2D eigenvalue weighted by Crippen LogP contribution is -2.27. The molecule has 3 aromatic rings. The molecule has 3 rings (SSSR count). The summed E-state index contributed by atoms with van der Waals surface area (Å²) >= 11 is 5.95. The Hall–Kier alpha value is -2.90. The predicted molar refractivity (Wildman–Crippen MR) is 103 cm³/mol. The van der Waals surface area contributed by atoms with Gasteiger partial charge in [0.05, 0.1) is 5.52 Å². The van der Waals surface area contributed by atoms with Gasteiger partial charge in [-0.25, -0.2) is 4.98 Å². The van der Waals surface area contributed by atoms with Gasteiger partial charge < -0.3 is 15.4 Å². The molecule has 0 fully saturated rings. The molecule has 0 radical (unpaired) electrons. The van der Waals surface area contributed by atoms with Crippen LogP contribution in [-0.2, 0) is 4.74 Å². The van der Waals surface area contributed by atoms with Crippen molar-refractivity contribution >= 4 is 34.6 Å². The number of halogens is 1. The van der Waals surface area contributed by atoms with E-state index in [0.29, 0.717) is 35.8 Å². The van der Waals surface area contributed by atoms with Crippen LogP contribution in [0.25, 0.3) is 5.52 Å². The third-order valence-electron chi connectivity index (χ3n) is 3.86. The number of methoxy groups -OCH3 is 1. The molecule has 1 aromatic carbocycles. The van der Waals surface area contributed by atoms with E-state index in [1.54, 1.807) is 60.2 Å². The van der Waals surface area contributed by atoms with Gasteiger partial charge in [-0.1, -0.05) is 23.7 Å². The summed E-state index contributed by atoms with van der Waals surface area (Å²) in [5.41, 5.74) is 1.26. The first-order valence-electron chi connectivity index (χ1n) is 8.41. The molecule has 0 atom stereocenters. The molecule has 0 aliphatic carbocycles. The predicted octanol–water partition coefficient (Wildman–Crippen LogP) is 3.01. The van der Waals surface area contributed by atoms with E-state index >= 15 is 0 Å². The molecule has 8 heteroatoms. The molecule has 0 aliphatic rings. The highest BCUT2D eigenvalue weighted by atomic mass is 35.5. The van der Waals surface area contributed by atoms with Crippen LogP contribution >= 0.6 is 11.6 Å². The lowest BCUT2D eigenvalue weighted by atomic mass is 10.3. The summed E-state index contributed by atoms with van der Waals surface area (Å²) in [6, 6.07) is 12.1. The van der Waals surface area contributed by atoms with Crippen LogP contribution in [0.1, 0.15) is 27.5 Å². The van der Waals surface area contributed by atoms with Crippen molar-refractivity contribution in [2.75, 3.05) is 25.6 Å². The smallest absolute Gasteiger partial charge is 0.287 e. The van der Waals surface area contributed by atoms with E-state index in [0.717, 1.165) is 0 Å². The average Bonchev–Trinajstić information content (AvgIpc) is 3.05. The zero-order valence-electron chi connectivity index (χ0n) is 14.7. The molecule has 27 heavy (non-hydrogen) atoms. The molecular formula is C19H19ClN4O3. The van der Waals surface area contributed by atoms with Crippen molar-refractivity contribution in [3.8, 4) is 0 Å².